The molecule has 19 heavy (non-hydrogen) atoms. The van der Waals surface area contributed by atoms with Gasteiger partial charge in [0.25, 0.3) is 0 Å². The fourth-order valence-corrected chi connectivity index (χ4v) is 2.48. The summed E-state index contributed by atoms with van der Waals surface area (Å²) in [4.78, 5) is 0. The van der Waals surface area contributed by atoms with Crippen LogP contribution in [0.15, 0.2) is 18.2 Å². The van der Waals surface area contributed by atoms with Crippen LogP contribution in [0.4, 0.5) is 0 Å². The third-order valence-corrected chi connectivity index (χ3v) is 4.02. The predicted octanol–water partition coefficient (Wildman–Crippen LogP) is 2.62. The topological polar surface area (TPSA) is 53.7 Å². The van der Waals surface area contributed by atoms with Gasteiger partial charge in [-0.1, -0.05) is 25.3 Å². The van der Waals surface area contributed by atoms with Gasteiger partial charge >= 0.3 is 0 Å². The van der Waals surface area contributed by atoms with Crippen molar-refractivity contribution < 1.29 is 14.2 Å². The van der Waals surface area contributed by atoms with Crippen molar-refractivity contribution >= 4 is 0 Å². The smallest absolute Gasteiger partial charge is 0.231 e. The molecule has 1 unspecified atom stereocenters. The number of rotatable bonds is 6. The van der Waals surface area contributed by atoms with E-state index < -0.39 is 0 Å². The van der Waals surface area contributed by atoms with Crippen molar-refractivity contribution in [1.82, 2.24) is 0 Å². The summed E-state index contributed by atoms with van der Waals surface area (Å²) < 4.78 is 16.3. The fourth-order valence-electron chi connectivity index (χ4n) is 2.48. The van der Waals surface area contributed by atoms with E-state index in [4.69, 9.17) is 19.9 Å². The zero-order valence-corrected chi connectivity index (χ0v) is 11.1. The highest BCUT2D eigenvalue weighted by Gasteiger charge is 2.18. The first-order chi connectivity index (χ1) is 9.33. The second-order valence-electron chi connectivity index (χ2n) is 5.38. The minimum atomic E-state index is -0.101. The maximum Gasteiger partial charge on any atom is 0.231 e. The minimum Gasteiger partial charge on any atom is -0.454 e. The van der Waals surface area contributed by atoms with Crippen molar-refractivity contribution in [3.63, 3.8) is 0 Å². The van der Waals surface area contributed by atoms with Crippen molar-refractivity contribution in [2.24, 2.45) is 11.7 Å². The predicted molar refractivity (Wildman–Crippen MR) is 72.3 cm³/mol. The average Bonchev–Trinajstić information content (AvgIpc) is 2.83. The third kappa shape index (κ3) is 3.01. The number of hydrogen-bond donors (Lipinski definition) is 1. The quantitative estimate of drug-likeness (QED) is 0.802. The second-order valence-corrected chi connectivity index (χ2v) is 5.38. The third-order valence-electron chi connectivity index (χ3n) is 4.02. The molecule has 2 aliphatic rings. The molecule has 1 fully saturated rings. The van der Waals surface area contributed by atoms with Crippen LogP contribution in [-0.2, 0) is 4.74 Å². The molecule has 0 aromatic heterocycles. The largest absolute Gasteiger partial charge is 0.454 e. The Balaban J connectivity index is 1.45. The molecule has 0 spiro atoms. The fraction of sp³-hybridized carbons (Fsp3) is 0.600. The maximum atomic E-state index is 6.13. The van der Waals surface area contributed by atoms with Crippen molar-refractivity contribution in [2.75, 3.05) is 20.0 Å². The van der Waals surface area contributed by atoms with Crippen LogP contribution in [-0.4, -0.2) is 20.0 Å². The van der Waals surface area contributed by atoms with E-state index in [1.807, 2.05) is 18.2 Å². The first-order valence-corrected chi connectivity index (χ1v) is 7.06. The molecule has 1 aliphatic heterocycles. The summed E-state index contributed by atoms with van der Waals surface area (Å²) in [5.74, 6) is 2.46. The number of fused-ring (bicyclic) bond motifs is 1. The molecule has 0 radical (unpaired) electrons. The molecule has 0 amide bonds. The highest BCUT2D eigenvalue weighted by atomic mass is 16.7. The zero-order chi connectivity index (χ0) is 13.1. The molecule has 1 saturated carbocycles. The summed E-state index contributed by atoms with van der Waals surface area (Å²) in [6, 6.07) is 5.73. The van der Waals surface area contributed by atoms with E-state index >= 15 is 0 Å². The Hall–Kier alpha value is -1.26. The van der Waals surface area contributed by atoms with E-state index in [-0.39, 0.29) is 6.04 Å². The van der Waals surface area contributed by atoms with Gasteiger partial charge in [0, 0.05) is 6.61 Å². The second kappa shape index (κ2) is 5.80. The number of hydrogen-bond acceptors (Lipinski definition) is 4. The van der Waals surface area contributed by atoms with Crippen molar-refractivity contribution in [2.45, 2.75) is 31.7 Å². The van der Waals surface area contributed by atoms with Crippen molar-refractivity contribution in [1.29, 1.82) is 0 Å². The highest BCUT2D eigenvalue weighted by molar-refractivity contribution is 5.45. The molecule has 104 valence electrons. The van der Waals surface area contributed by atoms with Gasteiger partial charge in [-0.05, 0) is 30.0 Å². The molecule has 2 N–H and O–H groups in total. The number of nitrogens with two attached hydrogens (primary N) is 1. The van der Waals surface area contributed by atoms with Crippen molar-refractivity contribution in [3.05, 3.63) is 23.8 Å². The Kier molecular flexibility index (Phi) is 3.89. The molecule has 0 saturated heterocycles. The molecular weight excluding hydrogens is 242 g/mol. The van der Waals surface area contributed by atoms with E-state index in [0.29, 0.717) is 13.4 Å². The monoisotopic (exact) mass is 263 g/mol. The summed E-state index contributed by atoms with van der Waals surface area (Å²) in [6.07, 6.45) is 5.31. The first-order valence-electron chi connectivity index (χ1n) is 7.06. The summed E-state index contributed by atoms with van der Waals surface area (Å²) >= 11 is 0. The average molecular weight is 263 g/mol. The van der Waals surface area contributed by atoms with Gasteiger partial charge in [0.15, 0.2) is 11.5 Å². The summed E-state index contributed by atoms with van der Waals surface area (Å²) in [7, 11) is 0. The standard InChI is InChI=1S/C15H21NO3/c16-13(9-17-7-6-11-2-1-3-11)12-4-5-14-15(8-12)19-10-18-14/h4-5,8,11,13H,1-3,6-7,9-10,16H2. The Bertz CT molecular complexity index is 431. The Morgan fingerprint density at radius 1 is 1.26 bits per heavy atom. The van der Waals surface area contributed by atoms with E-state index in [0.717, 1.165) is 29.6 Å². The first kappa shape index (κ1) is 12.8. The van der Waals surface area contributed by atoms with E-state index in [9.17, 15) is 0 Å². The normalized spacial score (nSPS) is 19.2. The summed E-state index contributed by atoms with van der Waals surface area (Å²) in [5, 5.41) is 0. The van der Waals surface area contributed by atoms with Gasteiger partial charge in [-0.3, -0.25) is 0 Å². The van der Waals surface area contributed by atoms with Crippen LogP contribution in [0.2, 0.25) is 0 Å². The van der Waals surface area contributed by atoms with Crippen LogP contribution >= 0.6 is 0 Å². The van der Waals surface area contributed by atoms with Gasteiger partial charge in [-0.2, -0.15) is 0 Å². The molecular formula is C15H21NO3. The van der Waals surface area contributed by atoms with Crippen LogP contribution in [0.5, 0.6) is 11.5 Å². The van der Waals surface area contributed by atoms with Crippen LogP contribution < -0.4 is 15.2 Å². The summed E-state index contributed by atoms with van der Waals surface area (Å²) in [6.45, 7) is 1.68. The molecule has 1 aliphatic carbocycles. The van der Waals surface area contributed by atoms with Gasteiger partial charge in [0.05, 0.1) is 12.6 Å². The van der Waals surface area contributed by atoms with E-state index in [1.54, 1.807) is 0 Å². The van der Waals surface area contributed by atoms with Gasteiger partial charge in [-0.15, -0.1) is 0 Å². The Morgan fingerprint density at radius 2 is 2.11 bits per heavy atom. The van der Waals surface area contributed by atoms with Crippen molar-refractivity contribution in [3.8, 4) is 11.5 Å². The molecule has 1 atom stereocenters. The van der Waals surface area contributed by atoms with Gasteiger partial charge in [0.1, 0.15) is 0 Å². The zero-order valence-electron chi connectivity index (χ0n) is 11.1. The Morgan fingerprint density at radius 3 is 2.89 bits per heavy atom. The maximum absolute atomic E-state index is 6.13. The summed E-state index contributed by atoms with van der Waals surface area (Å²) in [5.41, 5.74) is 7.17. The van der Waals surface area contributed by atoms with E-state index in [2.05, 4.69) is 0 Å². The van der Waals surface area contributed by atoms with Gasteiger partial charge < -0.3 is 19.9 Å². The lowest BCUT2D eigenvalue weighted by molar-refractivity contribution is 0.0962. The molecule has 1 heterocycles. The van der Waals surface area contributed by atoms with Crippen LogP contribution in [0.25, 0.3) is 0 Å². The van der Waals surface area contributed by atoms with Gasteiger partial charge in [-0.25, -0.2) is 0 Å². The molecule has 3 rings (SSSR count). The van der Waals surface area contributed by atoms with E-state index in [1.165, 1.54) is 25.7 Å². The SMILES string of the molecule is NC(COCCC1CCC1)c1ccc2c(c1)OCO2. The molecule has 1 aromatic carbocycles. The molecule has 1 aromatic rings. The highest BCUT2D eigenvalue weighted by Crippen LogP contribution is 2.34. The Labute approximate surface area is 113 Å². The molecule has 0 bridgehead atoms. The lowest BCUT2D eigenvalue weighted by Crippen LogP contribution is -2.19. The lowest BCUT2D eigenvalue weighted by atomic mass is 9.83. The number of benzene rings is 1. The lowest BCUT2D eigenvalue weighted by Gasteiger charge is -2.25. The van der Waals surface area contributed by atoms with Crippen LogP contribution in [0.1, 0.15) is 37.3 Å². The number of ether oxygens (including phenoxy) is 3. The van der Waals surface area contributed by atoms with Crippen LogP contribution in [0.3, 0.4) is 0 Å². The molecule has 4 heteroatoms. The molecule has 4 nitrogen and oxygen atoms in total. The van der Waals surface area contributed by atoms with Gasteiger partial charge in [0.2, 0.25) is 6.79 Å². The minimum absolute atomic E-state index is 0.101. The van der Waals surface area contributed by atoms with Crippen LogP contribution in [0, 0.1) is 5.92 Å².